The van der Waals surface area contributed by atoms with E-state index in [-0.39, 0.29) is 11.5 Å². The normalized spacial score (nSPS) is 11.0. The van der Waals surface area contributed by atoms with Crippen LogP contribution >= 0.6 is 0 Å². The number of fused-ring (bicyclic) bond motifs is 1. The number of aliphatic hydroxyl groups excluding tert-OH is 1. The van der Waals surface area contributed by atoms with E-state index in [0.717, 1.165) is 6.07 Å². The summed E-state index contributed by atoms with van der Waals surface area (Å²) in [4.78, 5) is 24.0. The third-order valence-electron chi connectivity index (χ3n) is 3.83. The molecule has 0 saturated carbocycles. The zero-order valence-corrected chi connectivity index (χ0v) is 13.1. The summed E-state index contributed by atoms with van der Waals surface area (Å²) in [6, 6.07) is 7.99. The first-order valence-electron chi connectivity index (χ1n) is 7.15. The van der Waals surface area contributed by atoms with Crippen molar-refractivity contribution in [1.82, 2.24) is 4.57 Å². The molecule has 0 atom stereocenters. The average molecular weight is 329 g/mol. The maximum Gasteiger partial charge on any atom is 0.418 e. The maximum absolute atomic E-state index is 12.1. The Hall–Kier alpha value is -3.06. The average Bonchev–Trinajstić information content (AvgIpc) is 2.88. The molecule has 3 aromatic rings. The number of hydrogen-bond donors (Lipinski definition) is 2. The Bertz CT molecular complexity index is 998. The van der Waals surface area contributed by atoms with Gasteiger partial charge in [0, 0.05) is 17.1 Å². The van der Waals surface area contributed by atoms with Crippen LogP contribution in [0, 0.1) is 6.92 Å². The van der Waals surface area contributed by atoms with Crippen molar-refractivity contribution in [2.45, 2.75) is 13.5 Å². The Balaban J connectivity index is 2.44. The number of carbonyl (C=O) groups is 1. The van der Waals surface area contributed by atoms with Crippen molar-refractivity contribution < 1.29 is 24.2 Å². The van der Waals surface area contributed by atoms with Crippen molar-refractivity contribution in [2.24, 2.45) is 0 Å². The van der Waals surface area contributed by atoms with E-state index in [1.54, 1.807) is 31.2 Å². The van der Waals surface area contributed by atoms with E-state index < -0.39 is 23.9 Å². The van der Waals surface area contributed by atoms with Crippen molar-refractivity contribution in [3.8, 4) is 17.1 Å². The van der Waals surface area contributed by atoms with E-state index >= 15 is 0 Å². The van der Waals surface area contributed by atoms with Crippen molar-refractivity contribution >= 4 is 17.0 Å². The third-order valence-corrected chi connectivity index (χ3v) is 3.83. The summed E-state index contributed by atoms with van der Waals surface area (Å²) in [5.41, 5.74) is 0.709. The summed E-state index contributed by atoms with van der Waals surface area (Å²) in [6.45, 7) is 1.16. The second-order valence-corrected chi connectivity index (χ2v) is 5.20. The smallest absolute Gasteiger partial charge is 0.418 e. The Morgan fingerprint density at radius 3 is 2.71 bits per heavy atom. The monoisotopic (exact) mass is 329 g/mol. The number of methoxy groups -OCH3 is 1. The molecule has 7 nitrogen and oxygen atoms in total. The van der Waals surface area contributed by atoms with Gasteiger partial charge < -0.3 is 19.4 Å². The predicted molar refractivity (Wildman–Crippen MR) is 86.0 cm³/mol. The van der Waals surface area contributed by atoms with Gasteiger partial charge in [-0.2, -0.15) is 0 Å². The first-order chi connectivity index (χ1) is 11.5. The highest BCUT2D eigenvalue weighted by molar-refractivity contribution is 6.02. The number of benzene rings is 1. The fourth-order valence-electron chi connectivity index (χ4n) is 2.76. The van der Waals surface area contributed by atoms with Gasteiger partial charge in [-0.15, -0.1) is 0 Å². The van der Waals surface area contributed by atoms with Crippen molar-refractivity contribution in [2.75, 3.05) is 7.11 Å². The second kappa shape index (κ2) is 5.86. The van der Waals surface area contributed by atoms with Crippen molar-refractivity contribution in [3.05, 3.63) is 52.0 Å². The minimum Gasteiger partial charge on any atom is -0.502 e. The Labute approximate surface area is 136 Å². The van der Waals surface area contributed by atoms with Crippen LogP contribution < -0.4 is 5.43 Å². The van der Waals surface area contributed by atoms with Crippen LogP contribution in [0.15, 0.2) is 39.5 Å². The van der Waals surface area contributed by atoms with Crippen LogP contribution in [-0.2, 0) is 11.3 Å². The van der Waals surface area contributed by atoms with Gasteiger partial charge in [-0.3, -0.25) is 4.79 Å². The molecular weight excluding hydrogens is 314 g/mol. The lowest BCUT2D eigenvalue weighted by molar-refractivity contribution is 0.173. The summed E-state index contributed by atoms with van der Waals surface area (Å²) in [7, 11) is 1.26. The number of ether oxygens (including phenoxy) is 1. The predicted octanol–water partition coefficient (Wildman–Crippen LogP) is 2.38. The topological polar surface area (TPSA) is 102 Å². The molecule has 0 aliphatic rings. The molecular formula is C17H15NO6. The molecule has 124 valence electrons. The molecule has 0 fully saturated rings. The molecule has 2 aromatic heterocycles. The quantitative estimate of drug-likeness (QED) is 0.748. The maximum atomic E-state index is 12.1. The van der Waals surface area contributed by atoms with Gasteiger partial charge >= 0.3 is 6.09 Å². The van der Waals surface area contributed by atoms with Crippen LogP contribution in [0.1, 0.15) is 11.5 Å². The zero-order valence-electron chi connectivity index (χ0n) is 13.1. The van der Waals surface area contributed by atoms with E-state index in [1.165, 1.54) is 11.7 Å². The SMILES string of the molecule is COC(=O)n1c(C)c(-c2oc(CO)cc(=O)c2O)c2ccccc21. The first kappa shape index (κ1) is 15.8. The van der Waals surface area contributed by atoms with Gasteiger partial charge in [-0.05, 0) is 13.0 Å². The van der Waals surface area contributed by atoms with Crippen LogP contribution in [0.5, 0.6) is 5.75 Å². The fraction of sp³-hybridized carbons (Fsp3) is 0.176. The number of rotatable bonds is 2. The lowest BCUT2D eigenvalue weighted by Gasteiger charge is -2.07. The van der Waals surface area contributed by atoms with Crippen molar-refractivity contribution in [1.29, 1.82) is 0 Å². The van der Waals surface area contributed by atoms with Gasteiger partial charge in [-0.1, -0.05) is 18.2 Å². The highest BCUT2D eigenvalue weighted by Gasteiger charge is 2.24. The van der Waals surface area contributed by atoms with Gasteiger partial charge in [0.2, 0.25) is 11.2 Å². The number of aliphatic hydroxyl groups is 1. The molecule has 24 heavy (non-hydrogen) atoms. The summed E-state index contributed by atoms with van der Waals surface area (Å²) < 4.78 is 11.6. The summed E-state index contributed by atoms with van der Waals surface area (Å²) >= 11 is 0. The van der Waals surface area contributed by atoms with Crippen LogP contribution in [0.2, 0.25) is 0 Å². The molecule has 0 aliphatic heterocycles. The van der Waals surface area contributed by atoms with Gasteiger partial charge in [0.15, 0.2) is 5.76 Å². The Kier molecular flexibility index (Phi) is 3.86. The molecule has 0 amide bonds. The second-order valence-electron chi connectivity index (χ2n) is 5.20. The minimum atomic E-state index is -0.672. The van der Waals surface area contributed by atoms with Crippen LogP contribution in [0.25, 0.3) is 22.2 Å². The van der Waals surface area contributed by atoms with Crippen LogP contribution in [0.4, 0.5) is 4.79 Å². The lowest BCUT2D eigenvalue weighted by atomic mass is 10.1. The zero-order chi connectivity index (χ0) is 17.4. The number of para-hydroxylation sites is 1. The van der Waals surface area contributed by atoms with E-state index in [0.29, 0.717) is 22.2 Å². The molecule has 0 aliphatic carbocycles. The number of carbonyl (C=O) groups excluding carboxylic acids is 1. The number of hydrogen-bond acceptors (Lipinski definition) is 6. The van der Waals surface area contributed by atoms with Gasteiger partial charge in [0.25, 0.3) is 0 Å². The van der Waals surface area contributed by atoms with E-state index in [9.17, 15) is 19.8 Å². The van der Waals surface area contributed by atoms with Gasteiger partial charge in [-0.25, -0.2) is 9.36 Å². The van der Waals surface area contributed by atoms with Crippen molar-refractivity contribution in [3.63, 3.8) is 0 Å². The standard InChI is InChI=1S/C17H15NO6/c1-9-14(16-15(21)13(20)7-10(8-19)24-16)11-5-3-4-6-12(11)18(9)17(22)23-2/h3-7,19,21H,8H2,1-2H3. The number of aromatic nitrogens is 1. The molecule has 0 saturated heterocycles. The Morgan fingerprint density at radius 1 is 1.33 bits per heavy atom. The van der Waals surface area contributed by atoms with Crippen LogP contribution in [0.3, 0.4) is 0 Å². The van der Waals surface area contributed by atoms with E-state index in [2.05, 4.69) is 0 Å². The molecule has 0 radical (unpaired) electrons. The van der Waals surface area contributed by atoms with E-state index in [4.69, 9.17) is 9.15 Å². The molecule has 2 N–H and O–H groups in total. The first-order valence-corrected chi connectivity index (χ1v) is 7.15. The van der Waals surface area contributed by atoms with E-state index in [1.807, 2.05) is 0 Å². The summed E-state index contributed by atoms with van der Waals surface area (Å²) in [5.74, 6) is -0.659. The molecule has 7 heteroatoms. The molecule has 2 heterocycles. The molecule has 0 unspecified atom stereocenters. The molecule has 3 rings (SSSR count). The minimum absolute atomic E-state index is 0.0158. The summed E-state index contributed by atoms with van der Waals surface area (Å²) in [5, 5.41) is 20.0. The lowest BCUT2D eigenvalue weighted by Crippen LogP contribution is -2.12. The molecule has 0 bridgehead atoms. The highest BCUT2D eigenvalue weighted by atomic mass is 16.5. The fourth-order valence-corrected chi connectivity index (χ4v) is 2.76. The summed E-state index contributed by atoms with van der Waals surface area (Å²) in [6.07, 6.45) is -0.602. The number of aromatic hydroxyl groups is 1. The Morgan fingerprint density at radius 2 is 2.04 bits per heavy atom. The highest BCUT2D eigenvalue weighted by Crippen LogP contribution is 2.38. The van der Waals surface area contributed by atoms with Gasteiger partial charge in [0.05, 0.1) is 18.2 Å². The molecule has 0 spiro atoms. The third kappa shape index (κ3) is 2.26. The van der Waals surface area contributed by atoms with Gasteiger partial charge in [0.1, 0.15) is 12.4 Å². The van der Waals surface area contributed by atoms with Crippen LogP contribution in [-0.4, -0.2) is 28.0 Å². The molecule has 1 aromatic carbocycles. The largest absolute Gasteiger partial charge is 0.502 e. The number of nitrogens with zero attached hydrogens (tertiary/aromatic N) is 1.